The van der Waals surface area contributed by atoms with Crippen LogP contribution in [0.25, 0.3) is 0 Å². The summed E-state index contributed by atoms with van der Waals surface area (Å²) < 4.78 is 0. The molecule has 4 rings (SSSR count). The summed E-state index contributed by atoms with van der Waals surface area (Å²) in [5.74, 6) is -1.22. The number of ketones is 1. The summed E-state index contributed by atoms with van der Waals surface area (Å²) in [7, 11) is 0. The fourth-order valence-electron chi connectivity index (χ4n) is 3.54. The Morgan fingerprint density at radius 1 is 1.20 bits per heavy atom. The number of rotatable bonds is 6. The Morgan fingerprint density at radius 3 is 2.70 bits per heavy atom. The zero-order chi connectivity index (χ0) is 21.5. The Morgan fingerprint density at radius 2 is 2.00 bits per heavy atom. The number of aliphatic hydroxyl groups is 1. The van der Waals surface area contributed by atoms with Gasteiger partial charge in [0.15, 0.2) is 11.4 Å². The maximum atomic E-state index is 13.2. The van der Waals surface area contributed by atoms with Crippen LogP contribution in [0.15, 0.2) is 60.0 Å². The molecule has 3 aromatic rings. The van der Waals surface area contributed by atoms with Crippen molar-refractivity contribution in [3.63, 3.8) is 0 Å². The van der Waals surface area contributed by atoms with Crippen molar-refractivity contribution in [1.29, 1.82) is 0 Å². The molecule has 0 saturated heterocycles. The van der Waals surface area contributed by atoms with Gasteiger partial charge in [0, 0.05) is 33.2 Å². The van der Waals surface area contributed by atoms with E-state index in [1.54, 1.807) is 12.1 Å². The lowest BCUT2D eigenvalue weighted by molar-refractivity contribution is -0.384. The number of hydrogen-bond acceptors (Lipinski definition) is 6. The van der Waals surface area contributed by atoms with E-state index in [0.717, 1.165) is 10.9 Å². The Labute approximate surface area is 180 Å². The van der Waals surface area contributed by atoms with Crippen LogP contribution in [0.3, 0.4) is 0 Å². The Bertz CT molecular complexity index is 1160. The molecule has 0 bridgehead atoms. The molecule has 1 unspecified atom stereocenters. The van der Waals surface area contributed by atoms with Crippen molar-refractivity contribution in [3.8, 4) is 0 Å². The van der Waals surface area contributed by atoms with Crippen LogP contribution < -0.4 is 4.90 Å². The van der Waals surface area contributed by atoms with Gasteiger partial charge >= 0.3 is 0 Å². The van der Waals surface area contributed by atoms with E-state index in [4.69, 9.17) is 11.6 Å². The average molecular weight is 443 g/mol. The van der Waals surface area contributed by atoms with E-state index in [2.05, 4.69) is 0 Å². The van der Waals surface area contributed by atoms with E-state index < -0.39 is 28.6 Å². The summed E-state index contributed by atoms with van der Waals surface area (Å²) in [6.07, 6.45) is -0.554. The molecule has 1 N–H and O–H groups in total. The molecule has 7 nitrogen and oxygen atoms in total. The number of benzene rings is 2. The second kappa shape index (κ2) is 7.64. The Balaban J connectivity index is 1.70. The van der Waals surface area contributed by atoms with Gasteiger partial charge in [-0.05, 0) is 29.6 Å². The first kappa shape index (κ1) is 20.2. The number of nitrogens with zero attached hydrogens (tertiary/aromatic N) is 2. The molecule has 0 saturated carbocycles. The topological polar surface area (TPSA) is 101 Å². The summed E-state index contributed by atoms with van der Waals surface area (Å²) in [6.45, 7) is 0.248. The molecule has 0 fully saturated rings. The van der Waals surface area contributed by atoms with E-state index >= 15 is 0 Å². The van der Waals surface area contributed by atoms with Gasteiger partial charge in [0.05, 0.1) is 23.6 Å². The molecule has 0 aliphatic carbocycles. The number of Topliss-reactive ketones (excluding diaryl/α,β-unsaturated/α-hetero) is 1. The third-order valence-electron chi connectivity index (χ3n) is 4.98. The summed E-state index contributed by atoms with van der Waals surface area (Å²) in [5, 5.41) is 24.6. The molecule has 30 heavy (non-hydrogen) atoms. The number of thiophene rings is 1. The SMILES string of the molecule is O=C(CC1(O)C(=O)N(Cc2cccs2)c2ccc(Cl)cc21)c1cccc([N+](=O)[O-])c1. The minimum atomic E-state index is -2.11. The van der Waals surface area contributed by atoms with E-state index in [9.17, 15) is 24.8 Å². The third-order valence-corrected chi connectivity index (χ3v) is 6.08. The molecule has 0 spiro atoms. The lowest BCUT2D eigenvalue weighted by Crippen LogP contribution is -2.41. The number of anilines is 1. The highest BCUT2D eigenvalue weighted by Crippen LogP contribution is 2.45. The number of amides is 1. The number of carbonyl (C=O) groups is 2. The normalized spacial score (nSPS) is 17.8. The predicted octanol–water partition coefficient (Wildman–Crippen LogP) is 4.32. The van der Waals surface area contributed by atoms with Crippen molar-refractivity contribution in [2.45, 2.75) is 18.6 Å². The average Bonchev–Trinajstić information content (AvgIpc) is 3.30. The molecule has 152 valence electrons. The highest BCUT2D eigenvalue weighted by molar-refractivity contribution is 7.09. The Kier molecular flexibility index (Phi) is 5.15. The predicted molar refractivity (Wildman–Crippen MR) is 113 cm³/mol. The van der Waals surface area contributed by atoms with E-state index in [0.29, 0.717) is 10.7 Å². The van der Waals surface area contributed by atoms with Crippen LogP contribution in [0.4, 0.5) is 11.4 Å². The highest BCUT2D eigenvalue weighted by Gasteiger charge is 2.51. The van der Waals surface area contributed by atoms with Crippen molar-refractivity contribution >= 4 is 46.0 Å². The number of halogens is 1. The molecule has 2 aromatic carbocycles. The van der Waals surface area contributed by atoms with Crippen LogP contribution in [-0.2, 0) is 16.9 Å². The van der Waals surface area contributed by atoms with Crippen LogP contribution in [0.5, 0.6) is 0 Å². The van der Waals surface area contributed by atoms with Gasteiger partial charge in [0.1, 0.15) is 0 Å². The molecular formula is C21H15ClN2O5S. The molecule has 1 aliphatic rings. The van der Waals surface area contributed by atoms with Crippen molar-refractivity contribution in [2.24, 2.45) is 0 Å². The zero-order valence-corrected chi connectivity index (χ0v) is 17.0. The number of hydrogen-bond donors (Lipinski definition) is 1. The number of nitro benzene ring substituents is 1. The first-order valence-corrected chi connectivity index (χ1v) is 10.2. The highest BCUT2D eigenvalue weighted by atomic mass is 35.5. The smallest absolute Gasteiger partial charge is 0.270 e. The molecule has 1 aliphatic heterocycles. The van der Waals surface area contributed by atoms with Crippen molar-refractivity contribution in [3.05, 3.63) is 91.1 Å². The molecule has 2 heterocycles. The van der Waals surface area contributed by atoms with Gasteiger partial charge < -0.3 is 10.0 Å². The van der Waals surface area contributed by atoms with Crippen molar-refractivity contribution in [2.75, 3.05) is 4.90 Å². The van der Waals surface area contributed by atoms with Crippen molar-refractivity contribution in [1.82, 2.24) is 0 Å². The lowest BCUT2D eigenvalue weighted by atomic mass is 9.88. The van der Waals surface area contributed by atoms with Gasteiger partial charge in [0.2, 0.25) is 0 Å². The first-order chi connectivity index (χ1) is 14.3. The van der Waals surface area contributed by atoms with Gasteiger partial charge in [0.25, 0.3) is 11.6 Å². The van der Waals surface area contributed by atoms with Crippen LogP contribution in [-0.4, -0.2) is 21.7 Å². The van der Waals surface area contributed by atoms with Gasteiger partial charge in [-0.3, -0.25) is 19.7 Å². The van der Waals surface area contributed by atoms with Gasteiger partial charge in [-0.15, -0.1) is 11.3 Å². The van der Waals surface area contributed by atoms with Crippen LogP contribution >= 0.6 is 22.9 Å². The van der Waals surface area contributed by atoms with Crippen molar-refractivity contribution < 1.29 is 19.6 Å². The minimum absolute atomic E-state index is 0.0470. The molecule has 9 heteroatoms. The first-order valence-electron chi connectivity index (χ1n) is 8.94. The quantitative estimate of drug-likeness (QED) is 0.348. The monoisotopic (exact) mass is 442 g/mol. The standard InChI is InChI=1S/C21H15ClN2O5S/c22-14-6-7-18-17(10-14)21(27,20(26)23(18)12-16-5-2-8-30-16)11-19(25)13-3-1-4-15(9-13)24(28)29/h1-10,27H,11-12H2. The summed E-state index contributed by atoms with van der Waals surface area (Å²) >= 11 is 7.57. The van der Waals surface area contributed by atoms with E-state index in [-0.39, 0.29) is 23.4 Å². The van der Waals surface area contributed by atoms with Gasteiger partial charge in [-0.2, -0.15) is 0 Å². The molecule has 1 atom stereocenters. The zero-order valence-electron chi connectivity index (χ0n) is 15.4. The van der Waals surface area contributed by atoms with Crippen LogP contribution in [0, 0.1) is 10.1 Å². The molecular weight excluding hydrogens is 428 g/mol. The summed E-state index contributed by atoms with van der Waals surface area (Å²) in [5.41, 5.74) is -1.58. The summed E-state index contributed by atoms with van der Waals surface area (Å²) in [6, 6.07) is 13.7. The maximum absolute atomic E-state index is 13.2. The van der Waals surface area contributed by atoms with E-state index in [1.807, 2.05) is 17.5 Å². The number of nitro groups is 1. The van der Waals surface area contributed by atoms with E-state index in [1.165, 1.54) is 40.5 Å². The number of carbonyl (C=O) groups excluding carboxylic acids is 2. The maximum Gasteiger partial charge on any atom is 0.270 e. The second-order valence-electron chi connectivity index (χ2n) is 6.90. The third kappa shape index (κ3) is 3.49. The summed E-state index contributed by atoms with van der Waals surface area (Å²) in [4.78, 5) is 38.8. The van der Waals surface area contributed by atoms with Crippen LogP contribution in [0.1, 0.15) is 27.2 Å². The minimum Gasteiger partial charge on any atom is -0.375 e. The lowest BCUT2D eigenvalue weighted by Gasteiger charge is -2.22. The largest absolute Gasteiger partial charge is 0.375 e. The van der Waals surface area contributed by atoms with Gasteiger partial charge in [-0.25, -0.2) is 0 Å². The molecule has 1 amide bonds. The van der Waals surface area contributed by atoms with Gasteiger partial charge in [-0.1, -0.05) is 29.8 Å². The fraction of sp³-hybridized carbons (Fsp3) is 0.143. The Hall–Kier alpha value is -3.07. The molecule has 0 radical (unpaired) electrons. The van der Waals surface area contributed by atoms with Crippen LogP contribution in [0.2, 0.25) is 5.02 Å². The molecule has 1 aromatic heterocycles. The second-order valence-corrected chi connectivity index (χ2v) is 8.37. The fourth-order valence-corrected chi connectivity index (χ4v) is 4.40. The number of fused-ring (bicyclic) bond motifs is 1. The number of non-ortho nitro benzene ring substituents is 1.